The number of halogens is 1. The molecule has 7 heteroatoms. The molecule has 1 aromatic carbocycles. The second kappa shape index (κ2) is 6.46. The van der Waals surface area contributed by atoms with Crippen LogP contribution in [0.1, 0.15) is 12.0 Å². The molecule has 1 aromatic heterocycles. The largest absolute Gasteiger partial charge is 0.306 e. The van der Waals surface area contributed by atoms with Gasteiger partial charge in [0.15, 0.2) is 5.82 Å². The van der Waals surface area contributed by atoms with E-state index in [4.69, 9.17) is 11.6 Å². The molecule has 0 saturated heterocycles. The van der Waals surface area contributed by atoms with Crippen molar-refractivity contribution in [2.45, 2.75) is 6.42 Å². The van der Waals surface area contributed by atoms with Crippen LogP contribution in [-0.4, -0.2) is 28.4 Å². The molecule has 6 nitrogen and oxygen atoms in total. The molecule has 23 heavy (non-hydrogen) atoms. The Bertz CT molecular complexity index is 842. The lowest BCUT2D eigenvalue weighted by Gasteiger charge is -2.12. The van der Waals surface area contributed by atoms with Crippen LogP contribution in [-0.2, 0) is 4.79 Å². The van der Waals surface area contributed by atoms with Gasteiger partial charge < -0.3 is 5.32 Å². The number of hydrogen-bond donors (Lipinski definition) is 1. The van der Waals surface area contributed by atoms with Crippen molar-refractivity contribution in [1.29, 1.82) is 5.26 Å². The Morgan fingerprint density at radius 1 is 1.35 bits per heavy atom. The molecule has 0 saturated carbocycles. The van der Waals surface area contributed by atoms with E-state index in [0.717, 1.165) is 0 Å². The van der Waals surface area contributed by atoms with Crippen molar-refractivity contribution in [2.75, 3.05) is 11.9 Å². The van der Waals surface area contributed by atoms with Crippen LogP contribution in [0.25, 0.3) is 5.69 Å². The van der Waals surface area contributed by atoms with E-state index in [1.807, 2.05) is 6.07 Å². The first-order chi connectivity index (χ1) is 11.2. The molecule has 0 fully saturated rings. The molecule has 0 radical (unpaired) electrons. The molecule has 1 amide bonds. The number of aliphatic imine (C=N–C) groups is 1. The van der Waals surface area contributed by atoms with Crippen molar-refractivity contribution in [1.82, 2.24) is 9.78 Å². The van der Waals surface area contributed by atoms with Crippen LogP contribution in [0.4, 0.5) is 5.82 Å². The highest BCUT2D eigenvalue weighted by molar-refractivity contribution is 6.30. The Hall–Kier alpha value is -2.91. The first kappa shape index (κ1) is 15.0. The van der Waals surface area contributed by atoms with Crippen LogP contribution in [0.2, 0.25) is 5.02 Å². The SMILES string of the molecule is N#Cc1cnn(-c2ccc(Cl)cc2)c1NC(=O)C1=CC=NCC1. The van der Waals surface area contributed by atoms with E-state index < -0.39 is 0 Å². The fraction of sp³-hybridized carbons (Fsp3) is 0.125. The topological polar surface area (TPSA) is 83.1 Å². The van der Waals surface area contributed by atoms with Crippen molar-refractivity contribution in [3.63, 3.8) is 0 Å². The Morgan fingerprint density at radius 2 is 2.13 bits per heavy atom. The maximum absolute atomic E-state index is 12.4. The number of carbonyl (C=O) groups excluding carboxylic acids is 1. The van der Waals surface area contributed by atoms with Gasteiger partial charge in [-0.1, -0.05) is 11.6 Å². The average molecular weight is 326 g/mol. The number of rotatable bonds is 3. The highest BCUT2D eigenvalue weighted by Gasteiger charge is 2.18. The summed E-state index contributed by atoms with van der Waals surface area (Å²) >= 11 is 5.89. The number of allylic oxidation sites excluding steroid dienone is 1. The lowest BCUT2D eigenvalue weighted by molar-refractivity contribution is -0.113. The molecular formula is C16H12ClN5O. The summed E-state index contributed by atoms with van der Waals surface area (Å²) in [5.74, 6) is 0.0756. The number of aromatic nitrogens is 2. The molecule has 1 N–H and O–H groups in total. The third-order valence-corrected chi connectivity index (χ3v) is 3.63. The molecule has 2 heterocycles. The van der Waals surface area contributed by atoms with Gasteiger partial charge in [0, 0.05) is 23.4 Å². The standard InChI is InChI=1S/C16H12ClN5O/c17-13-1-3-14(4-2-13)22-15(12(9-18)10-20-22)21-16(23)11-5-7-19-8-6-11/h1-5,7,10H,6,8H2,(H,21,23). The second-order valence-corrected chi connectivity index (χ2v) is 5.29. The Kier molecular flexibility index (Phi) is 4.22. The van der Waals surface area contributed by atoms with Crippen LogP contribution >= 0.6 is 11.6 Å². The summed E-state index contributed by atoms with van der Waals surface area (Å²) in [6.45, 7) is 0.584. The Balaban J connectivity index is 1.95. The van der Waals surface area contributed by atoms with E-state index in [2.05, 4.69) is 15.4 Å². The quantitative estimate of drug-likeness (QED) is 0.941. The Labute approximate surface area is 137 Å². The van der Waals surface area contributed by atoms with Gasteiger partial charge in [-0.05, 0) is 36.8 Å². The first-order valence-corrected chi connectivity index (χ1v) is 7.31. The van der Waals surface area contributed by atoms with Crippen LogP contribution in [0.15, 0.2) is 47.1 Å². The lowest BCUT2D eigenvalue weighted by Crippen LogP contribution is -2.19. The van der Waals surface area contributed by atoms with Crippen molar-refractivity contribution < 1.29 is 4.79 Å². The van der Waals surface area contributed by atoms with Gasteiger partial charge in [-0.3, -0.25) is 9.79 Å². The molecular weight excluding hydrogens is 314 g/mol. The summed E-state index contributed by atoms with van der Waals surface area (Å²) in [7, 11) is 0. The smallest absolute Gasteiger partial charge is 0.252 e. The molecule has 1 aliphatic rings. The number of nitrogens with zero attached hydrogens (tertiary/aromatic N) is 4. The zero-order valence-electron chi connectivity index (χ0n) is 12.0. The number of nitrogens with one attached hydrogen (secondary N) is 1. The van der Waals surface area contributed by atoms with Gasteiger partial charge in [-0.15, -0.1) is 0 Å². The number of hydrogen-bond acceptors (Lipinski definition) is 4. The molecule has 3 rings (SSSR count). The van der Waals surface area contributed by atoms with E-state index in [-0.39, 0.29) is 5.91 Å². The van der Waals surface area contributed by atoms with E-state index >= 15 is 0 Å². The van der Waals surface area contributed by atoms with Gasteiger partial charge in [0.25, 0.3) is 5.91 Å². The summed E-state index contributed by atoms with van der Waals surface area (Å²) in [5.41, 5.74) is 1.61. The summed E-state index contributed by atoms with van der Waals surface area (Å²) < 4.78 is 1.50. The number of carbonyl (C=O) groups is 1. The van der Waals surface area contributed by atoms with E-state index in [1.165, 1.54) is 10.9 Å². The molecule has 2 aromatic rings. The fourth-order valence-electron chi connectivity index (χ4n) is 2.19. The van der Waals surface area contributed by atoms with Crippen LogP contribution in [0, 0.1) is 11.3 Å². The number of anilines is 1. The number of benzene rings is 1. The highest BCUT2D eigenvalue weighted by atomic mass is 35.5. The molecule has 114 valence electrons. The minimum atomic E-state index is -0.261. The predicted molar refractivity (Wildman–Crippen MR) is 88.0 cm³/mol. The first-order valence-electron chi connectivity index (χ1n) is 6.93. The average Bonchev–Trinajstić information content (AvgIpc) is 2.99. The summed E-state index contributed by atoms with van der Waals surface area (Å²) in [6.07, 6.45) is 5.27. The fourth-order valence-corrected chi connectivity index (χ4v) is 2.32. The molecule has 0 unspecified atom stereocenters. The number of nitriles is 1. The summed E-state index contributed by atoms with van der Waals surface area (Å²) in [4.78, 5) is 16.4. The molecule has 0 bridgehead atoms. The maximum Gasteiger partial charge on any atom is 0.252 e. The van der Waals surface area contributed by atoms with Crippen LogP contribution < -0.4 is 5.32 Å². The maximum atomic E-state index is 12.4. The molecule has 0 atom stereocenters. The van der Waals surface area contributed by atoms with Gasteiger partial charge in [-0.2, -0.15) is 10.4 Å². The highest BCUT2D eigenvalue weighted by Crippen LogP contribution is 2.22. The number of dihydropyridines is 1. The van der Waals surface area contributed by atoms with E-state index in [1.54, 1.807) is 36.6 Å². The van der Waals surface area contributed by atoms with Gasteiger partial charge >= 0.3 is 0 Å². The predicted octanol–water partition coefficient (Wildman–Crippen LogP) is 2.74. The van der Waals surface area contributed by atoms with Crippen molar-refractivity contribution in [2.24, 2.45) is 4.99 Å². The van der Waals surface area contributed by atoms with Crippen LogP contribution in [0.3, 0.4) is 0 Å². The summed E-state index contributed by atoms with van der Waals surface area (Å²) in [6, 6.07) is 9.00. The van der Waals surface area contributed by atoms with Crippen molar-refractivity contribution in [3.05, 3.63) is 52.7 Å². The normalized spacial score (nSPS) is 13.3. The van der Waals surface area contributed by atoms with E-state index in [9.17, 15) is 10.1 Å². The molecule has 0 spiro atoms. The summed E-state index contributed by atoms with van der Waals surface area (Å²) in [5, 5.41) is 16.8. The zero-order chi connectivity index (χ0) is 16.2. The minimum Gasteiger partial charge on any atom is -0.306 e. The van der Waals surface area contributed by atoms with Crippen molar-refractivity contribution >= 4 is 29.5 Å². The third-order valence-electron chi connectivity index (χ3n) is 3.38. The molecule has 0 aliphatic carbocycles. The zero-order valence-corrected chi connectivity index (χ0v) is 12.8. The van der Waals surface area contributed by atoms with Crippen LogP contribution in [0.5, 0.6) is 0 Å². The minimum absolute atomic E-state index is 0.261. The lowest BCUT2D eigenvalue weighted by atomic mass is 10.1. The third kappa shape index (κ3) is 3.15. The van der Waals surface area contributed by atoms with Gasteiger partial charge in [-0.25, -0.2) is 4.68 Å². The van der Waals surface area contributed by atoms with Gasteiger partial charge in [0.05, 0.1) is 11.9 Å². The monoisotopic (exact) mass is 325 g/mol. The van der Waals surface area contributed by atoms with Gasteiger partial charge in [0.2, 0.25) is 0 Å². The van der Waals surface area contributed by atoms with Gasteiger partial charge in [0.1, 0.15) is 11.6 Å². The molecule has 1 aliphatic heterocycles. The number of amides is 1. The Morgan fingerprint density at radius 3 is 2.78 bits per heavy atom. The van der Waals surface area contributed by atoms with Crippen molar-refractivity contribution in [3.8, 4) is 11.8 Å². The second-order valence-electron chi connectivity index (χ2n) is 4.86. The van der Waals surface area contributed by atoms with E-state index in [0.29, 0.717) is 40.6 Å².